The van der Waals surface area contributed by atoms with Crippen molar-refractivity contribution in [3.63, 3.8) is 0 Å². The molecule has 0 saturated heterocycles. The average Bonchev–Trinajstić information content (AvgIpc) is 2.70. The van der Waals surface area contributed by atoms with Gasteiger partial charge in [-0.05, 0) is 20.8 Å². The summed E-state index contributed by atoms with van der Waals surface area (Å²) in [4.78, 5) is 24.3. The van der Waals surface area contributed by atoms with Gasteiger partial charge in [-0.15, -0.1) is 0 Å². The molecule has 1 amide bonds. The van der Waals surface area contributed by atoms with Gasteiger partial charge in [0.05, 0.1) is 17.9 Å². The smallest absolute Gasteiger partial charge is 0.329 e. The second-order valence-electron chi connectivity index (χ2n) is 3.71. The Balaban J connectivity index is 3.00. The van der Waals surface area contributed by atoms with Crippen molar-refractivity contribution in [1.29, 1.82) is 0 Å². The normalized spacial score (nSPS) is 11.2. The van der Waals surface area contributed by atoms with Crippen molar-refractivity contribution >= 4 is 23.6 Å². The summed E-state index contributed by atoms with van der Waals surface area (Å²) in [7, 11) is 0. The highest BCUT2D eigenvalue weighted by Gasteiger charge is 2.37. The van der Waals surface area contributed by atoms with Crippen molar-refractivity contribution < 1.29 is 14.7 Å². The number of likely N-dealkylation sites (N-methyl/N-ethyl adjacent to an activating group) is 1. The molecule has 1 aromatic rings. The molecule has 1 N–H and O–H groups in total. The molecule has 0 aliphatic heterocycles. The molecule has 1 aromatic heterocycles. The standard InChI is InChI=1S/C9H13N3O3S/c1-4-12(9(2,3)8(14)15)7(13)6-5-10-16-11-6/h5H,4H2,1-3H3,(H,14,15). The van der Waals surface area contributed by atoms with Crippen molar-refractivity contribution in [2.24, 2.45) is 0 Å². The third-order valence-corrected chi connectivity index (χ3v) is 2.82. The third-order valence-electron chi connectivity index (χ3n) is 2.34. The number of amides is 1. The summed E-state index contributed by atoms with van der Waals surface area (Å²) >= 11 is 0.920. The Hall–Kier alpha value is -1.50. The summed E-state index contributed by atoms with van der Waals surface area (Å²) in [6.07, 6.45) is 1.34. The molecule has 0 unspecified atom stereocenters. The molecule has 0 aliphatic rings. The van der Waals surface area contributed by atoms with Crippen LogP contribution in [-0.4, -0.2) is 42.7 Å². The van der Waals surface area contributed by atoms with Gasteiger partial charge in [0.1, 0.15) is 5.54 Å². The molecular weight excluding hydrogens is 230 g/mol. The SMILES string of the molecule is CCN(C(=O)c1cnsn1)C(C)(C)C(=O)O. The van der Waals surface area contributed by atoms with Crippen LogP contribution < -0.4 is 0 Å². The Bertz CT molecular complexity index is 389. The molecule has 0 saturated carbocycles. The van der Waals surface area contributed by atoms with Crippen LogP contribution in [0.15, 0.2) is 6.20 Å². The zero-order valence-corrected chi connectivity index (χ0v) is 10.1. The first-order valence-electron chi connectivity index (χ1n) is 4.74. The number of rotatable bonds is 4. The van der Waals surface area contributed by atoms with E-state index in [1.54, 1.807) is 6.92 Å². The van der Waals surface area contributed by atoms with Gasteiger partial charge in [-0.25, -0.2) is 4.79 Å². The molecular formula is C9H13N3O3S. The number of carbonyl (C=O) groups is 2. The first kappa shape index (κ1) is 12.6. The monoisotopic (exact) mass is 243 g/mol. The van der Waals surface area contributed by atoms with E-state index in [0.29, 0.717) is 6.54 Å². The first-order valence-corrected chi connectivity index (χ1v) is 5.47. The maximum absolute atomic E-state index is 12.0. The first-order chi connectivity index (χ1) is 7.41. The van der Waals surface area contributed by atoms with Crippen LogP contribution in [-0.2, 0) is 4.79 Å². The van der Waals surface area contributed by atoms with Gasteiger partial charge >= 0.3 is 5.97 Å². The largest absolute Gasteiger partial charge is 0.480 e. The fraction of sp³-hybridized carbons (Fsp3) is 0.556. The molecule has 6 nitrogen and oxygen atoms in total. The molecule has 0 spiro atoms. The summed E-state index contributed by atoms with van der Waals surface area (Å²) < 4.78 is 7.53. The van der Waals surface area contributed by atoms with Crippen molar-refractivity contribution in [2.45, 2.75) is 26.3 Å². The summed E-state index contributed by atoms with van der Waals surface area (Å²) in [5, 5.41) is 9.06. The Kier molecular flexibility index (Phi) is 3.58. The molecule has 7 heteroatoms. The molecule has 0 fully saturated rings. The van der Waals surface area contributed by atoms with Crippen molar-refractivity contribution in [3.05, 3.63) is 11.9 Å². The molecule has 0 atom stereocenters. The number of hydrogen-bond donors (Lipinski definition) is 1. The van der Waals surface area contributed by atoms with Gasteiger partial charge in [-0.2, -0.15) is 8.75 Å². The van der Waals surface area contributed by atoms with Gasteiger partial charge in [0, 0.05) is 6.54 Å². The van der Waals surface area contributed by atoms with Gasteiger partial charge in [0.25, 0.3) is 5.91 Å². The molecule has 0 bridgehead atoms. The highest BCUT2D eigenvalue weighted by Crippen LogP contribution is 2.17. The molecule has 0 aliphatic carbocycles. The topological polar surface area (TPSA) is 83.4 Å². The lowest BCUT2D eigenvalue weighted by atomic mass is 10.0. The van der Waals surface area contributed by atoms with Crippen LogP contribution in [0.5, 0.6) is 0 Å². The summed E-state index contributed by atoms with van der Waals surface area (Å²) in [6, 6.07) is 0. The maximum atomic E-state index is 12.0. The van der Waals surface area contributed by atoms with Crippen LogP contribution in [0.25, 0.3) is 0 Å². The molecule has 0 radical (unpaired) electrons. The lowest BCUT2D eigenvalue weighted by Gasteiger charge is -2.33. The van der Waals surface area contributed by atoms with Crippen LogP contribution in [0.2, 0.25) is 0 Å². The fourth-order valence-electron chi connectivity index (χ4n) is 1.31. The van der Waals surface area contributed by atoms with E-state index in [4.69, 9.17) is 5.11 Å². The van der Waals surface area contributed by atoms with Gasteiger partial charge in [0.2, 0.25) is 0 Å². The van der Waals surface area contributed by atoms with Crippen LogP contribution in [0.1, 0.15) is 31.3 Å². The summed E-state index contributed by atoms with van der Waals surface area (Å²) in [6.45, 7) is 4.99. The van der Waals surface area contributed by atoms with Crippen LogP contribution in [0.4, 0.5) is 0 Å². The molecule has 16 heavy (non-hydrogen) atoms. The maximum Gasteiger partial charge on any atom is 0.329 e. The fourth-order valence-corrected chi connectivity index (χ4v) is 1.71. The number of hydrogen-bond acceptors (Lipinski definition) is 5. The Labute approximate surface area is 97.2 Å². The number of aromatic nitrogens is 2. The van der Waals surface area contributed by atoms with Crippen molar-refractivity contribution in [2.75, 3.05) is 6.54 Å². The summed E-state index contributed by atoms with van der Waals surface area (Å²) in [5.41, 5.74) is -1.07. The second-order valence-corrected chi connectivity index (χ2v) is 4.26. The van der Waals surface area contributed by atoms with Crippen LogP contribution in [0, 0.1) is 0 Å². The Morgan fingerprint density at radius 2 is 2.19 bits per heavy atom. The highest BCUT2D eigenvalue weighted by atomic mass is 32.1. The van der Waals surface area contributed by atoms with E-state index in [-0.39, 0.29) is 5.69 Å². The quantitative estimate of drug-likeness (QED) is 0.848. The minimum Gasteiger partial charge on any atom is -0.480 e. The average molecular weight is 243 g/mol. The predicted molar refractivity (Wildman–Crippen MR) is 58.3 cm³/mol. The molecule has 88 valence electrons. The zero-order chi connectivity index (χ0) is 12.3. The van der Waals surface area contributed by atoms with Gasteiger partial charge < -0.3 is 10.0 Å². The summed E-state index contributed by atoms with van der Waals surface area (Å²) in [5.74, 6) is -1.46. The van der Waals surface area contributed by atoms with E-state index in [2.05, 4.69) is 8.75 Å². The van der Waals surface area contributed by atoms with Crippen LogP contribution >= 0.6 is 11.7 Å². The Morgan fingerprint density at radius 1 is 1.56 bits per heavy atom. The molecule has 1 heterocycles. The second kappa shape index (κ2) is 4.56. The van der Waals surface area contributed by atoms with E-state index < -0.39 is 17.4 Å². The van der Waals surface area contributed by atoms with Crippen molar-refractivity contribution in [3.8, 4) is 0 Å². The van der Waals surface area contributed by atoms with E-state index in [1.807, 2.05) is 0 Å². The van der Waals surface area contributed by atoms with E-state index in [9.17, 15) is 9.59 Å². The number of carbonyl (C=O) groups excluding carboxylic acids is 1. The minimum atomic E-state index is -1.25. The zero-order valence-electron chi connectivity index (χ0n) is 9.30. The predicted octanol–water partition coefficient (Wildman–Crippen LogP) is 0.863. The number of carboxylic acid groups (broad SMARTS) is 1. The number of carboxylic acids is 1. The van der Waals surface area contributed by atoms with Crippen molar-refractivity contribution in [1.82, 2.24) is 13.6 Å². The van der Waals surface area contributed by atoms with E-state index >= 15 is 0 Å². The number of aliphatic carboxylic acids is 1. The van der Waals surface area contributed by atoms with Gasteiger partial charge in [-0.3, -0.25) is 4.79 Å². The molecule has 0 aromatic carbocycles. The molecule has 1 rings (SSSR count). The third kappa shape index (κ3) is 2.19. The minimum absolute atomic E-state index is 0.182. The van der Waals surface area contributed by atoms with Gasteiger partial charge in [0.15, 0.2) is 5.69 Å². The highest BCUT2D eigenvalue weighted by molar-refractivity contribution is 6.99. The lowest BCUT2D eigenvalue weighted by molar-refractivity contribution is -0.147. The van der Waals surface area contributed by atoms with Gasteiger partial charge in [-0.1, -0.05) is 0 Å². The Morgan fingerprint density at radius 3 is 2.56 bits per heavy atom. The number of nitrogens with zero attached hydrogens (tertiary/aromatic N) is 3. The van der Waals surface area contributed by atoms with Crippen LogP contribution in [0.3, 0.4) is 0 Å². The lowest BCUT2D eigenvalue weighted by Crippen LogP contribution is -2.53. The van der Waals surface area contributed by atoms with E-state index in [0.717, 1.165) is 11.7 Å². The van der Waals surface area contributed by atoms with E-state index in [1.165, 1.54) is 24.9 Å².